The third-order valence-electron chi connectivity index (χ3n) is 3.82. The van der Waals surface area contributed by atoms with E-state index in [4.69, 9.17) is 0 Å². The molecular weight excluding hydrogens is 288 g/mol. The Labute approximate surface area is 137 Å². The third kappa shape index (κ3) is 4.57. The largest absolute Gasteiger partial charge is 0.394 e. The molecule has 0 fully saturated rings. The van der Waals surface area contributed by atoms with Crippen LogP contribution in [0.15, 0.2) is 54.6 Å². The maximum atomic E-state index is 12.4. The summed E-state index contributed by atoms with van der Waals surface area (Å²) in [5, 5.41) is 12.4. The molecule has 0 spiro atoms. The zero-order valence-corrected chi connectivity index (χ0v) is 13.7. The molecule has 0 aliphatic carbocycles. The predicted molar refractivity (Wildman–Crippen MR) is 93.7 cm³/mol. The van der Waals surface area contributed by atoms with Gasteiger partial charge in [0.1, 0.15) is 0 Å². The Hall–Kier alpha value is -2.33. The van der Waals surface area contributed by atoms with E-state index >= 15 is 0 Å². The Morgan fingerprint density at radius 1 is 1.13 bits per heavy atom. The van der Waals surface area contributed by atoms with Gasteiger partial charge < -0.3 is 15.3 Å². The van der Waals surface area contributed by atoms with Gasteiger partial charge in [0.05, 0.1) is 12.6 Å². The van der Waals surface area contributed by atoms with Gasteiger partial charge in [-0.05, 0) is 36.2 Å². The normalized spacial score (nSPS) is 11.8. The fourth-order valence-corrected chi connectivity index (χ4v) is 2.49. The van der Waals surface area contributed by atoms with Crippen LogP contribution in [0.4, 0.5) is 5.69 Å². The predicted octanol–water partition coefficient (Wildman–Crippen LogP) is 3.00. The molecule has 4 nitrogen and oxygen atoms in total. The number of hydrogen-bond donors (Lipinski definition) is 2. The highest BCUT2D eigenvalue weighted by Crippen LogP contribution is 2.16. The van der Waals surface area contributed by atoms with Gasteiger partial charge in [-0.15, -0.1) is 0 Å². The molecule has 0 bridgehead atoms. The Kier molecular flexibility index (Phi) is 6.18. The molecule has 0 saturated carbocycles. The van der Waals surface area contributed by atoms with Crippen LogP contribution in [0.3, 0.4) is 0 Å². The van der Waals surface area contributed by atoms with Crippen LogP contribution >= 0.6 is 0 Å². The molecule has 0 aliphatic rings. The lowest BCUT2D eigenvalue weighted by molar-refractivity contribution is 0.0916. The summed E-state index contributed by atoms with van der Waals surface area (Å²) in [5.74, 6) is -0.183. The van der Waals surface area contributed by atoms with Crippen LogP contribution in [-0.4, -0.2) is 31.2 Å². The van der Waals surface area contributed by atoms with Crippen molar-refractivity contribution in [3.8, 4) is 0 Å². The average molecular weight is 312 g/mol. The van der Waals surface area contributed by atoms with Crippen molar-refractivity contribution in [2.45, 2.75) is 19.4 Å². The third-order valence-corrected chi connectivity index (χ3v) is 3.82. The number of aliphatic hydroxyl groups is 1. The van der Waals surface area contributed by atoms with Gasteiger partial charge >= 0.3 is 0 Å². The van der Waals surface area contributed by atoms with Crippen LogP contribution in [-0.2, 0) is 0 Å². The monoisotopic (exact) mass is 312 g/mol. The molecule has 4 heteroatoms. The lowest BCUT2D eigenvalue weighted by Crippen LogP contribution is -2.30. The average Bonchev–Trinajstić information content (AvgIpc) is 2.60. The van der Waals surface area contributed by atoms with E-state index in [1.165, 1.54) is 0 Å². The van der Waals surface area contributed by atoms with Crippen molar-refractivity contribution in [1.82, 2.24) is 5.32 Å². The van der Waals surface area contributed by atoms with Gasteiger partial charge in [0.25, 0.3) is 5.91 Å². The van der Waals surface area contributed by atoms with E-state index in [1.807, 2.05) is 61.6 Å². The first-order valence-electron chi connectivity index (χ1n) is 7.93. The van der Waals surface area contributed by atoms with Crippen LogP contribution in [0.1, 0.15) is 35.3 Å². The topological polar surface area (TPSA) is 52.6 Å². The van der Waals surface area contributed by atoms with Crippen LogP contribution in [0.25, 0.3) is 0 Å². The number of nitrogens with one attached hydrogen (secondary N) is 1. The highest BCUT2D eigenvalue weighted by molar-refractivity contribution is 5.94. The molecule has 0 aliphatic heterocycles. The van der Waals surface area contributed by atoms with Crippen molar-refractivity contribution >= 4 is 11.6 Å². The molecule has 0 radical (unpaired) electrons. The lowest BCUT2D eigenvalue weighted by Gasteiger charge is -2.19. The Bertz CT molecular complexity index is 611. The Balaban J connectivity index is 2.05. The van der Waals surface area contributed by atoms with Gasteiger partial charge in [-0.3, -0.25) is 4.79 Å². The minimum Gasteiger partial charge on any atom is -0.394 e. The lowest BCUT2D eigenvalue weighted by atomic mass is 10.1. The van der Waals surface area contributed by atoms with Crippen LogP contribution in [0.2, 0.25) is 0 Å². The smallest absolute Gasteiger partial charge is 0.251 e. The second kappa shape index (κ2) is 8.34. The fourth-order valence-electron chi connectivity index (χ4n) is 2.49. The maximum absolute atomic E-state index is 12.4. The van der Waals surface area contributed by atoms with Crippen molar-refractivity contribution in [2.24, 2.45) is 0 Å². The number of benzene rings is 2. The molecule has 2 aromatic carbocycles. The first-order valence-corrected chi connectivity index (χ1v) is 7.93. The number of hydrogen-bond acceptors (Lipinski definition) is 3. The molecule has 2 N–H and O–H groups in total. The molecule has 1 atom stereocenters. The fraction of sp³-hybridized carbons (Fsp3) is 0.316. The Morgan fingerprint density at radius 2 is 1.78 bits per heavy atom. The quantitative estimate of drug-likeness (QED) is 0.826. The van der Waals surface area contributed by atoms with E-state index in [0.717, 1.165) is 24.2 Å². The molecule has 0 heterocycles. The van der Waals surface area contributed by atoms with E-state index in [2.05, 4.69) is 17.1 Å². The van der Waals surface area contributed by atoms with Gasteiger partial charge in [0.2, 0.25) is 0 Å². The van der Waals surface area contributed by atoms with E-state index < -0.39 is 6.04 Å². The summed E-state index contributed by atoms with van der Waals surface area (Å²) in [4.78, 5) is 14.5. The molecule has 23 heavy (non-hydrogen) atoms. The minimum absolute atomic E-state index is 0.132. The second-order valence-corrected chi connectivity index (χ2v) is 5.59. The van der Waals surface area contributed by atoms with Crippen molar-refractivity contribution in [2.75, 3.05) is 25.1 Å². The van der Waals surface area contributed by atoms with Gasteiger partial charge in [0, 0.05) is 24.8 Å². The maximum Gasteiger partial charge on any atom is 0.251 e. The molecule has 122 valence electrons. The highest BCUT2D eigenvalue weighted by Gasteiger charge is 2.14. The number of nitrogens with zero attached hydrogens (tertiary/aromatic N) is 1. The summed E-state index contributed by atoms with van der Waals surface area (Å²) in [6.07, 6.45) is 1.08. The minimum atomic E-state index is -0.397. The summed E-state index contributed by atoms with van der Waals surface area (Å²) in [5.41, 5.74) is 2.57. The Morgan fingerprint density at radius 3 is 2.35 bits per heavy atom. The second-order valence-electron chi connectivity index (χ2n) is 5.59. The van der Waals surface area contributed by atoms with E-state index in [1.54, 1.807) is 0 Å². The van der Waals surface area contributed by atoms with Crippen LogP contribution in [0.5, 0.6) is 0 Å². The van der Waals surface area contributed by atoms with Crippen molar-refractivity contribution in [3.05, 3.63) is 65.7 Å². The van der Waals surface area contributed by atoms with E-state index in [9.17, 15) is 9.90 Å². The molecule has 2 rings (SSSR count). The number of amides is 1. The summed E-state index contributed by atoms with van der Waals surface area (Å²) in [7, 11) is 2.04. The summed E-state index contributed by atoms with van der Waals surface area (Å²) >= 11 is 0. The van der Waals surface area contributed by atoms with Crippen molar-refractivity contribution < 1.29 is 9.90 Å². The van der Waals surface area contributed by atoms with Gasteiger partial charge in [-0.2, -0.15) is 0 Å². The zero-order valence-electron chi connectivity index (χ0n) is 13.7. The van der Waals surface area contributed by atoms with Crippen LogP contribution < -0.4 is 10.2 Å². The molecule has 2 aromatic rings. The number of rotatable bonds is 7. The van der Waals surface area contributed by atoms with Crippen molar-refractivity contribution in [1.29, 1.82) is 0 Å². The molecule has 1 unspecified atom stereocenters. The molecule has 1 amide bonds. The first-order chi connectivity index (χ1) is 11.2. The van der Waals surface area contributed by atoms with E-state index in [0.29, 0.717) is 5.56 Å². The highest BCUT2D eigenvalue weighted by atomic mass is 16.3. The molecule has 0 aromatic heterocycles. The number of carbonyl (C=O) groups is 1. The van der Waals surface area contributed by atoms with Gasteiger partial charge in [0.15, 0.2) is 0 Å². The van der Waals surface area contributed by atoms with Crippen molar-refractivity contribution in [3.63, 3.8) is 0 Å². The number of anilines is 1. The standard InChI is InChI=1S/C19H24N2O2/c1-3-13-21(2)17-11-9-16(10-12-17)19(23)20-18(14-22)15-7-5-4-6-8-15/h4-12,18,22H,3,13-14H2,1-2H3,(H,20,23). The first kappa shape index (κ1) is 17.0. The molecular formula is C19H24N2O2. The summed E-state index contributed by atoms with van der Waals surface area (Å²) in [6.45, 7) is 2.98. The van der Waals surface area contributed by atoms with Gasteiger partial charge in [-0.25, -0.2) is 0 Å². The SMILES string of the molecule is CCCN(C)c1ccc(C(=O)NC(CO)c2ccccc2)cc1. The summed E-state index contributed by atoms with van der Waals surface area (Å²) in [6, 6.07) is 16.6. The van der Waals surface area contributed by atoms with Gasteiger partial charge in [-0.1, -0.05) is 37.3 Å². The molecule has 0 saturated heterocycles. The number of carbonyl (C=O) groups excluding carboxylic acids is 1. The van der Waals surface area contributed by atoms with E-state index in [-0.39, 0.29) is 12.5 Å². The number of aliphatic hydroxyl groups excluding tert-OH is 1. The van der Waals surface area contributed by atoms with Crippen LogP contribution in [0, 0.1) is 0 Å². The summed E-state index contributed by atoms with van der Waals surface area (Å²) < 4.78 is 0. The zero-order chi connectivity index (χ0) is 16.7.